The minimum atomic E-state index is 0.0706. The predicted molar refractivity (Wildman–Crippen MR) is 75.7 cm³/mol. The molecule has 0 aliphatic carbocycles. The van der Waals surface area contributed by atoms with Gasteiger partial charge in [0.2, 0.25) is 0 Å². The molecule has 2 rings (SSSR count). The highest BCUT2D eigenvalue weighted by Gasteiger charge is 2.19. The van der Waals surface area contributed by atoms with Gasteiger partial charge >= 0.3 is 0 Å². The maximum Gasteiger partial charge on any atom is 0.178 e. The van der Waals surface area contributed by atoms with E-state index in [2.05, 4.69) is 9.80 Å². The second-order valence-corrected chi connectivity index (χ2v) is 5.15. The minimum absolute atomic E-state index is 0.0706. The first-order valence-corrected chi connectivity index (χ1v) is 6.92. The zero-order chi connectivity index (χ0) is 13.7. The Bertz CT molecular complexity index is 431. The number of hydrogen-bond acceptors (Lipinski definition) is 4. The van der Waals surface area contributed by atoms with Crippen molar-refractivity contribution in [3.8, 4) is 0 Å². The lowest BCUT2D eigenvalue weighted by Crippen LogP contribution is -2.48. The molecule has 1 aromatic rings. The number of rotatable bonds is 5. The van der Waals surface area contributed by atoms with Gasteiger partial charge in [0.15, 0.2) is 5.78 Å². The van der Waals surface area contributed by atoms with Crippen molar-refractivity contribution in [1.82, 2.24) is 9.80 Å². The minimum Gasteiger partial charge on any atom is -0.395 e. The number of aliphatic hydroxyl groups excluding tert-OH is 1. The summed E-state index contributed by atoms with van der Waals surface area (Å²) in [4.78, 5) is 16.5. The number of ketones is 1. The summed E-state index contributed by atoms with van der Waals surface area (Å²) in [6, 6.07) is 7.17. The van der Waals surface area contributed by atoms with Crippen LogP contribution in [0, 0.1) is 0 Å². The standard InChI is InChI=1S/C14H19ClN2O2/c15-13-4-2-1-3-12(13)14(19)11-17-7-5-16(6-8-17)9-10-18/h1-4,18H,5-11H2. The number of carbonyl (C=O) groups excluding carboxylic acids is 1. The van der Waals surface area contributed by atoms with Crippen LogP contribution in [0.3, 0.4) is 0 Å². The summed E-state index contributed by atoms with van der Waals surface area (Å²) in [7, 11) is 0. The van der Waals surface area contributed by atoms with E-state index in [9.17, 15) is 4.79 Å². The van der Waals surface area contributed by atoms with Gasteiger partial charge in [-0.05, 0) is 12.1 Å². The van der Waals surface area contributed by atoms with Gasteiger partial charge in [-0.3, -0.25) is 14.6 Å². The Morgan fingerprint density at radius 1 is 1.16 bits per heavy atom. The van der Waals surface area contributed by atoms with Crippen LogP contribution in [0.25, 0.3) is 0 Å². The lowest BCUT2D eigenvalue weighted by molar-refractivity contribution is 0.0823. The highest BCUT2D eigenvalue weighted by atomic mass is 35.5. The molecule has 0 atom stereocenters. The summed E-state index contributed by atoms with van der Waals surface area (Å²) in [5, 5.41) is 9.40. The molecule has 0 saturated carbocycles. The lowest BCUT2D eigenvalue weighted by Gasteiger charge is -2.33. The molecule has 1 aliphatic heterocycles. The summed E-state index contributed by atoms with van der Waals surface area (Å²) in [6.07, 6.45) is 0. The first kappa shape index (κ1) is 14.5. The topological polar surface area (TPSA) is 43.8 Å². The molecule has 1 heterocycles. The van der Waals surface area contributed by atoms with E-state index in [0.29, 0.717) is 23.7 Å². The third-order valence-electron chi connectivity index (χ3n) is 3.42. The highest BCUT2D eigenvalue weighted by molar-refractivity contribution is 6.34. The van der Waals surface area contributed by atoms with Crippen LogP contribution in [0.4, 0.5) is 0 Å². The van der Waals surface area contributed by atoms with E-state index in [1.807, 2.05) is 12.1 Å². The van der Waals surface area contributed by atoms with E-state index in [-0.39, 0.29) is 12.4 Å². The van der Waals surface area contributed by atoms with Crippen molar-refractivity contribution in [3.05, 3.63) is 34.9 Å². The number of halogens is 1. The van der Waals surface area contributed by atoms with E-state index in [0.717, 1.165) is 26.2 Å². The Labute approximate surface area is 118 Å². The maximum atomic E-state index is 12.2. The SMILES string of the molecule is O=C(CN1CCN(CCO)CC1)c1ccccc1Cl. The third kappa shape index (κ3) is 4.01. The molecule has 1 aromatic carbocycles. The number of β-amino-alcohol motifs (C(OH)–C–C–N with tert-alkyl or cyclic N) is 1. The summed E-state index contributed by atoms with van der Waals surface area (Å²) >= 11 is 6.03. The fourth-order valence-corrected chi connectivity index (χ4v) is 2.53. The fraction of sp³-hybridized carbons (Fsp3) is 0.500. The summed E-state index contributed by atoms with van der Waals surface area (Å²) in [5.74, 6) is 0.0706. The number of Topliss-reactive ketones (excluding diaryl/α,β-unsaturated/α-hetero) is 1. The zero-order valence-electron chi connectivity index (χ0n) is 10.9. The van der Waals surface area contributed by atoms with Gasteiger partial charge in [0.1, 0.15) is 0 Å². The highest BCUT2D eigenvalue weighted by Crippen LogP contribution is 2.16. The Hall–Kier alpha value is -0.940. The van der Waals surface area contributed by atoms with Crippen molar-refractivity contribution in [2.24, 2.45) is 0 Å². The maximum absolute atomic E-state index is 12.2. The van der Waals surface area contributed by atoms with E-state index in [1.54, 1.807) is 12.1 Å². The fourth-order valence-electron chi connectivity index (χ4n) is 2.29. The van der Waals surface area contributed by atoms with Gasteiger partial charge in [-0.1, -0.05) is 23.7 Å². The first-order chi connectivity index (χ1) is 9.20. The number of carbonyl (C=O) groups is 1. The van der Waals surface area contributed by atoms with Gasteiger partial charge < -0.3 is 5.11 Å². The largest absolute Gasteiger partial charge is 0.395 e. The van der Waals surface area contributed by atoms with Crippen molar-refractivity contribution < 1.29 is 9.90 Å². The van der Waals surface area contributed by atoms with Crippen LogP contribution in [0.1, 0.15) is 10.4 Å². The van der Waals surface area contributed by atoms with Gasteiger partial charge in [-0.15, -0.1) is 0 Å². The smallest absolute Gasteiger partial charge is 0.178 e. The second-order valence-electron chi connectivity index (χ2n) is 4.74. The van der Waals surface area contributed by atoms with Crippen molar-refractivity contribution in [2.45, 2.75) is 0 Å². The molecular formula is C14H19ClN2O2. The number of hydrogen-bond donors (Lipinski definition) is 1. The molecule has 4 nitrogen and oxygen atoms in total. The summed E-state index contributed by atoms with van der Waals surface area (Å²) < 4.78 is 0. The molecule has 0 bridgehead atoms. The molecule has 5 heteroatoms. The predicted octanol–water partition coefficient (Wildman–Crippen LogP) is 1.13. The molecule has 19 heavy (non-hydrogen) atoms. The lowest BCUT2D eigenvalue weighted by atomic mass is 10.1. The number of aliphatic hydroxyl groups is 1. The Morgan fingerprint density at radius 2 is 1.79 bits per heavy atom. The Kier molecular flexibility index (Phi) is 5.34. The molecule has 0 radical (unpaired) electrons. The van der Waals surface area contributed by atoms with Crippen LogP contribution in [-0.2, 0) is 0 Å². The van der Waals surface area contributed by atoms with E-state index >= 15 is 0 Å². The molecule has 1 saturated heterocycles. The van der Waals surface area contributed by atoms with Crippen LogP contribution < -0.4 is 0 Å². The number of benzene rings is 1. The van der Waals surface area contributed by atoms with Gasteiger partial charge in [0, 0.05) is 38.3 Å². The van der Waals surface area contributed by atoms with Gasteiger partial charge in [0.05, 0.1) is 18.2 Å². The second kappa shape index (κ2) is 7.01. The monoisotopic (exact) mass is 282 g/mol. The summed E-state index contributed by atoms with van der Waals surface area (Å²) in [6.45, 7) is 4.83. The molecule has 1 N–H and O–H groups in total. The third-order valence-corrected chi connectivity index (χ3v) is 3.75. The summed E-state index contributed by atoms with van der Waals surface area (Å²) in [5.41, 5.74) is 0.599. The molecule has 1 aliphatic rings. The van der Waals surface area contributed by atoms with Crippen molar-refractivity contribution in [3.63, 3.8) is 0 Å². The molecule has 1 fully saturated rings. The van der Waals surface area contributed by atoms with Crippen LogP contribution >= 0.6 is 11.6 Å². The Balaban J connectivity index is 1.86. The normalized spacial score (nSPS) is 17.6. The van der Waals surface area contributed by atoms with Crippen LogP contribution in [0.15, 0.2) is 24.3 Å². The van der Waals surface area contributed by atoms with Crippen molar-refractivity contribution >= 4 is 17.4 Å². The van der Waals surface area contributed by atoms with E-state index in [1.165, 1.54) is 0 Å². The van der Waals surface area contributed by atoms with Gasteiger partial charge in [0.25, 0.3) is 0 Å². The van der Waals surface area contributed by atoms with E-state index in [4.69, 9.17) is 16.7 Å². The first-order valence-electron chi connectivity index (χ1n) is 6.54. The van der Waals surface area contributed by atoms with Crippen molar-refractivity contribution in [1.29, 1.82) is 0 Å². The molecule has 104 valence electrons. The van der Waals surface area contributed by atoms with E-state index < -0.39 is 0 Å². The van der Waals surface area contributed by atoms with Gasteiger partial charge in [-0.2, -0.15) is 0 Å². The molecule has 0 spiro atoms. The molecule has 0 unspecified atom stereocenters. The average Bonchev–Trinajstić information content (AvgIpc) is 2.42. The van der Waals surface area contributed by atoms with Crippen LogP contribution in [-0.4, -0.2) is 66.6 Å². The average molecular weight is 283 g/mol. The molecule has 0 aromatic heterocycles. The van der Waals surface area contributed by atoms with Crippen LogP contribution in [0.2, 0.25) is 5.02 Å². The zero-order valence-corrected chi connectivity index (χ0v) is 11.6. The van der Waals surface area contributed by atoms with Crippen LogP contribution in [0.5, 0.6) is 0 Å². The Morgan fingerprint density at radius 3 is 2.42 bits per heavy atom. The number of piperazine rings is 1. The number of nitrogens with zero attached hydrogens (tertiary/aromatic N) is 2. The van der Waals surface area contributed by atoms with Gasteiger partial charge in [-0.25, -0.2) is 0 Å². The quantitative estimate of drug-likeness (QED) is 0.823. The molecule has 0 amide bonds. The van der Waals surface area contributed by atoms with Crippen molar-refractivity contribution in [2.75, 3.05) is 45.9 Å². The molecular weight excluding hydrogens is 264 g/mol.